The molecular weight excluding hydrogens is 288 g/mol. The number of rotatable bonds is 3. The van der Waals surface area contributed by atoms with Gasteiger partial charge in [0.05, 0.1) is 11.5 Å². The molecule has 1 aliphatic rings. The summed E-state index contributed by atoms with van der Waals surface area (Å²) in [4.78, 5) is 15.0. The highest BCUT2D eigenvalue weighted by atomic mass is 16.2. The van der Waals surface area contributed by atoms with Crippen molar-refractivity contribution < 1.29 is 4.79 Å². The van der Waals surface area contributed by atoms with Crippen molar-refractivity contribution in [1.82, 2.24) is 14.7 Å². The van der Waals surface area contributed by atoms with E-state index in [4.69, 9.17) is 5.73 Å². The van der Waals surface area contributed by atoms with Gasteiger partial charge in [0.2, 0.25) is 5.91 Å². The van der Waals surface area contributed by atoms with Crippen molar-refractivity contribution in [3.8, 4) is 0 Å². The van der Waals surface area contributed by atoms with Crippen LogP contribution in [0.3, 0.4) is 0 Å². The van der Waals surface area contributed by atoms with Gasteiger partial charge in [0.1, 0.15) is 0 Å². The third kappa shape index (κ3) is 3.09. The molecule has 1 saturated heterocycles. The quantitative estimate of drug-likeness (QED) is 0.886. The van der Waals surface area contributed by atoms with Crippen LogP contribution in [0.1, 0.15) is 38.3 Å². The molecule has 0 bridgehead atoms. The predicted molar refractivity (Wildman–Crippen MR) is 91.0 cm³/mol. The molecule has 0 radical (unpaired) electrons. The Kier molecular flexibility index (Phi) is 4.11. The van der Waals surface area contributed by atoms with Gasteiger partial charge in [0, 0.05) is 31.2 Å². The van der Waals surface area contributed by atoms with E-state index in [9.17, 15) is 4.79 Å². The van der Waals surface area contributed by atoms with Crippen molar-refractivity contribution in [2.45, 2.75) is 38.1 Å². The van der Waals surface area contributed by atoms with Gasteiger partial charge in [-0.25, -0.2) is 0 Å². The maximum atomic E-state index is 13.0. The number of nitrogen functional groups attached to an aromatic ring is 1. The number of likely N-dealkylation sites (tertiary alicyclic amines) is 1. The topological polar surface area (TPSA) is 64.2 Å². The van der Waals surface area contributed by atoms with E-state index in [-0.39, 0.29) is 5.91 Å². The molecule has 1 aromatic heterocycles. The summed E-state index contributed by atoms with van der Waals surface area (Å²) in [6.45, 7) is 5.53. The SMILES string of the molecule is CC(C)(C(=O)N1CCC(n2cccn2)CC1)c1ccc(N)cc1. The molecular formula is C18H24N4O. The van der Waals surface area contributed by atoms with Crippen LogP contribution in [0.15, 0.2) is 42.7 Å². The lowest BCUT2D eigenvalue weighted by molar-refractivity contribution is -0.137. The average Bonchev–Trinajstić information content (AvgIpc) is 3.09. The molecule has 0 aliphatic carbocycles. The summed E-state index contributed by atoms with van der Waals surface area (Å²) in [7, 11) is 0. The van der Waals surface area contributed by atoms with Gasteiger partial charge >= 0.3 is 0 Å². The zero-order valence-electron chi connectivity index (χ0n) is 13.8. The van der Waals surface area contributed by atoms with E-state index in [1.54, 1.807) is 0 Å². The third-order valence-corrected chi connectivity index (χ3v) is 4.82. The first-order valence-electron chi connectivity index (χ1n) is 8.13. The molecule has 0 atom stereocenters. The molecule has 1 fully saturated rings. The van der Waals surface area contributed by atoms with Crippen LogP contribution in [0, 0.1) is 0 Å². The minimum atomic E-state index is -0.535. The number of nitrogens with two attached hydrogens (primary N) is 1. The van der Waals surface area contributed by atoms with Crippen molar-refractivity contribution in [3.05, 3.63) is 48.3 Å². The van der Waals surface area contributed by atoms with Gasteiger partial charge in [0.25, 0.3) is 0 Å². The van der Waals surface area contributed by atoms with Crippen molar-refractivity contribution >= 4 is 11.6 Å². The molecule has 0 unspecified atom stereocenters. The van der Waals surface area contributed by atoms with E-state index in [2.05, 4.69) is 5.10 Å². The van der Waals surface area contributed by atoms with E-state index >= 15 is 0 Å². The Hall–Kier alpha value is -2.30. The smallest absolute Gasteiger partial charge is 0.232 e. The van der Waals surface area contributed by atoms with E-state index in [0.717, 1.165) is 37.2 Å². The number of carbonyl (C=O) groups excluding carboxylic acids is 1. The van der Waals surface area contributed by atoms with E-state index < -0.39 is 5.41 Å². The fourth-order valence-electron chi connectivity index (χ4n) is 3.25. The largest absolute Gasteiger partial charge is 0.399 e. The summed E-state index contributed by atoms with van der Waals surface area (Å²) >= 11 is 0. The first kappa shape index (κ1) is 15.6. The van der Waals surface area contributed by atoms with Gasteiger partial charge in [-0.05, 0) is 50.5 Å². The van der Waals surface area contributed by atoms with E-state index in [1.807, 2.05) is 66.2 Å². The molecule has 1 aliphatic heterocycles. The van der Waals surface area contributed by atoms with Gasteiger partial charge in [-0.3, -0.25) is 9.48 Å². The van der Waals surface area contributed by atoms with Crippen LogP contribution in [0.25, 0.3) is 0 Å². The minimum absolute atomic E-state index is 0.182. The van der Waals surface area contributed by atoms with E-state index in [0.29, 0.717) is 6.04 Å². The average molecular weight is 312 g/mol. The van der Waals surface area contributed by atoms with Crippen LogP contribution in [-0.2, 0) is 10.2 Å². The number of carbonyl (C=O) groups is 1. The van der Waals surface area contributed by atoms with Crippen LogP contribution in [-0.4, -0.2) is 33.7 Å². The summed E-state index contributed by atoms with van der Waals surface area (Å²) in [5.74, 6) is 0.182. The summed E-state index contributed by atoms with van der Waals surface area (Å²) in [5, 5.41) is 4.32. The first-order valence-corrected chi connectivity index (χ1v) is 8.13. The number of nitrogens with zero attached hydrogens (tertiary/aromatic N) is 3. The zero-order valence-corrected chi connectivity index (χ0v) is 13.8. The lowest BCUT2D eigenvalue weighted by Crippen LogP contribution is -2.47. The van der Waals surface area contributed by atoms with Crippen LogP contribution >= 0.6 is 0 Å². The molecule has 0 saturated carbocycles. The maximum absolute atomic E-state index is 13.0. The van der Waals surface area contributed by atoms with Crippen LogP contribution in [0.2, 0.25) is 0 Å². The number of anilines is 1. The molecule has 23 heavy (non-hydrogen) atoms. The van der Waals surface area contributed by atoms with Crippen molar-refractivity contribution in [2.75, 3.05) is 18.8 Å². The number of hydrogen-bond donors (Lipinski definition) is 1. The highest BCUT2D eigenvalue weighted by molar-refractivity contribution is 5.87. The fourth-order valence-corrected chi connectivity index (χ4v) is 3.25. The highest BCUT2D eigenvalue weighted by Gasteiger charge is 2.35. The zero-order chi connectivity index (χ0) is 16.4. The van der Waals surface area contributed by atoms with Crippen molar-refractivity contribution in [2.24, 2.45) is 0 Å². The van der Waals surface area contributed by atoms with Crippen molar-refractivity contribution in [1.29, 1.82) is 0 Å². The Morgan fingerprint density at radius 3 is 2.43 bits per heavy atom. The van der Waals surface area contributed by atoms with Gasteiger partial charge in [-0.1, -0.05) is 12.1 Å². The molecule has 1 aromatic carbocycles. The summed E-state index contributed by atoms with van der Waals surface area (Å²) in [6, 6.07) is 9.95. The third-order valence-electron chi connectivity index (χ3n) is 4.82. The number of benzene rings is 1. The molecule has 2 N–H and O–H groups in total. The number of aromatic nitrogens is 2. The minimum Gasteiger partial charge on any atom is -0.399 e. The number of hydrogen-bond acceptors (Lipinski definition) is 3. The summed E-state index contributed by atoms with van der Waals surface area (Å²) in [5.41, 5.74) is 6.94. The molecule has 122 valence electrons. The first-order chi connectivity index (χ1) is 11.0. The van der Waals surface area contributed by atoms with Crippen LogP contribution in [0.5, 0.6) is 0 Å². The molecule has 1 amide bonds. The second kappa shape index (κ2) is 6.07. The Labute approximate surface area is 137 Å². The van der Waals surface area contributed by atoms with Gasteiger partial charge < -0.3 is 10.6 Å². The number of piperidine rings is 1. The van der Waals surface area contributed by atoms with Gasteiger partial charge in [0.15, 0.2) is 0 Å². The summed E-state index contributed by atoms with van der Waals surface area (Å²) in [6.07, 6.45) is 5.71. The normalized spacial score (nSPS) is 16.5. The monoisotopic (exact) mass is 312 g/mol. The Morgan fingerprint density at radius 2 is 1.87 bits per heavy atom. The number of amides is 1. The van der Waals surface area contributed by atoms with Gasteiger partial charge in [-0.2, -0.15) is 5.10 Å². The highest BCUT2D eigenvalue weighted by Crippen LogP contribution is 2.29. The predicted octanol–water partition coefficient (Wildman–Crippen LogP) is 2.61. The Morgan fingerprint density at radius 1 is 1.22 bits per heavy atom. The Bertz CT molecular complexity index is 653. The van der Waals surface area contributed by atoms with Gasteiger partial charge in [-0.15, -0.1) is 0 Å². The molecule has 5 nitrogen and oxygen atoms in total. The lowest BCUT2D eigenvalue weighted by atomic mass is 9.82. The van der Waals surface area contributed by atoms with E-state index in [1.165, 1.54) is 0 Å². The molecule has 5 heteroatoms. The fraction of sp³-hybridized carbons (Fsp3) is 0.444. The lowest BCUT2D eigenvalue weighted by Gasteiger charge is -2.37. The molecule has 3 rings (SSSR count). The van der Waals surface area contributed by atoms with Crippen LogP contribution < -0.4 is 5.73 Å². The second-order valence-corrected chi connectivity index (χ2v) is 6.76. The molecule has 0 spiro atoms. The maximum Gasteiger partial charge on any atom is 0.232 e. The second-order valence-electron chi connectivity index (χ2n) is 6.76. The Balaban J connectivity index is 1.67. The van der Waals surface area contributed by atoms with Crippen LogP contribution in [0.4, 0.5) is 5.69 Å². The molecule has 2 heterocycles. The van der Waals surface area contributed by atoms with Crippen molar-refractivity contribution in [3.63, 3.8) is 0 Å². The standard InChI is InChI=1S/C18H24N4O/c1-18(2,14-4-6-15(19)7-5-14)17(23)21-12-8-16(9-13-21)22-11-3-10-20-22/h3-7,10-11,16H,8-9,12-13,19H2,1-2H3. The summed E-state index contributed by atoms with van der Waals surface area (Å²) < 4.78 is 2.01. The molecule has 2 aromatic rings.